The second-order valence-electron chi connectivity index (χ2n) is 8.97. The molecule has 1 aromatic heterocycles. The van der Waals surface area contributed by atoms with Crippen LogP contribution in [0.3, 0.4) is 0 Å². The highest BCUT2D eigenvalue weighted by Crippen LogP contribution is 2.40. The number of pyridine rings is 1. The Morgan fingerprint density at radius 2 is 2.16 bits per heavy atom. The van der Waals surface area contributed by atoms with Gasteiger partial charge in [0.25, 0.3) is 0 Å². The van der Waals surface area contributed by atoms with Crippen LogP contribution in [0.25, 0.3) is 5.57 Å². The molecule has 0 aliphatic carbocycles. The Morgan fingerprint density at radius 1 is 1.38 bits per heavy atom. The minimum atomic E-state index is -0.580. The molecule has 0 radical (unpaired) electrons. The number of aliphatic imine (C=N–C) groups is 1. The zero-order valence-electron chi connectivity index (χ0n) is 19.2. The molecule has 2 unspecified atom stereocenters. The summed E-state index contributed by atoms with van der Waals surface area (Å²) in [6.45, 7) is 7.20. The standard InChI is InChI=1S/C25H33N5O2/c1-17-24(32)30(11-9-25(17,2)3)21-8-10-28-22(14-21)29-23(31)13-18-6-5-7-19(12-18)20(15-26)16-27-4/h5-8,10,12,14-17,24,32H,9,11,13,26H2,1-4H3,(H,28,29,31). The first-order valence-electron chi connectivity index (χ1n) is 10.9. The number of piperidine rings is 1. The molecule has 7 nitrogen and oxygen atoms in total. The number of aliphatic hydroxyl groups excluding tert-OH is 1. The van der Waals surface area contributed by atoms with Crippen molar-refractivity contribution in [1.29, 1.82) is 0 Å². The van der Waals surface area contributed by atoms with Crippen molar-refractivity contribution in [2.45, 2.75) is 39.8 Å². The third kappa shape index (κ3) is 5.34. The van der Waals surface area contributed by atoms with E-state index in [0.717, 1.165) is 35.4 Å². The molecule has 0 spiro atoms. The van der Waals surface area contributed by atoms with E-state index in [1.54, 1.807) is 19.5 Å². The zero-order valence-corrected chi connectivity index (χ0v) is 19.2. The molecule has 1 aliphatic heterocycles. The number of nitrogens with two attached hydrogens (primary N) is 1. The van der Waals surface area contributed by atoms with Gasteiger partial charge in [0, 0.05) is 55.4 Å². The Morgan fingerprint density at radius 3 is 2.88 bits per heavy atom. The normalized spacial score (nSPS) is 21.0. The van der Waals surface area contributed by atoms with Crippen molar-refractivity contribution in [3.8, 4) is 0 Å². The van der Waals surface area contributed by atoms with Gasteiger partial charge in [-0.1, -0.05) is 45.0 Å². The predicted molar refractivity (Wildman–Crippen MR) is 131 cm³/mol. The smallest absolute Gasteiger partial charge is 0.229 e. The summed E-state index contributed by atoms with van der Waals surface area (Å²) in [5.41, 5.74) is 9.18. The molecule has 2 heterocycles. The summed E-state index contributed by atoms with van der Waals surface area (Å²) in [7, 11) is 1.69. The number of hydrogen-bond donors (Lipinski definition) is 3. The van der Waals surface area contributed by atoms with E-state index in [2.05, 4.69) is 36.1 Å². The zero-order chi connectivity index (χ0) is 23.3. The van der Waals surface area contributed by atoms with E-state index in [1.165, 1.54) is 6.20 Å². The van der Waals surface area contributed by atoms with E-state index in [1.807, 2.05) is 41.3 Å². The Labute approximate surface area is 190 Å². The van der Waals surface area contributed by atoms with Crippen LogP contribution in [0.5, 0.6) is 0 Å². The summed E-state index contributed by atoms with van der Waals surface area (Å²) in [5.74, 6) is 0.428. The summed E-state index contributed by atoms with van der Waals surface area (Å²) in [4.78, 5) is 22.9. The maximum absolute atomic E-state index is 12.7. The van der Waals surface area contributed by atoms with E-state index >= 15 is 0 Å². The van der Waals surface area contributed by atoms with Gasteiger partial charge < -0.3 is 21.1 Å². The second-order valence-corrected chi connectivity index (χ2v) is 8.97. The minimum Gasteiger partial charge on any atom is -0.404 e. The number of allylic oxidation sites excluding steroid dienone is 1. The highest BCUT2D eigenvalue weighted by Gasteiger charge is 2.39. The van der Waals surface area contributed by atoms with Gasteiger partial charge in [-0.25, -0.2) is 4.98 Å². The first-order valence-corrected chi connectivity index (χ1v) is 10.9. The third-order valence-electron chi connectivity index (χ3n) is 6.41. The summed E-state index contributed by atoms with van der Waals surface area (Å²) in [5, 5.41) is 13.7. The van der Waals surface area contributed by atoms with Crippen LogP contribution in [-0.4, -0.2) is 42.0 Å². The SMILES string of the molecule is CN=CC(=CN)c1cccc(CC(=O)Nc2cc(N3CCC(C)(C)C(C)C3O)ccn2)c1. The summed E-state index contributed by atoms with van der Waals surface area (Å²) < 4.78 is 0. The first kappa shape index (κ1) is 23.5. The molecule has 1 saturated heterocycles. The van der Waals surface area contributed by atoms with Crippen molar-refractivity contribution >= 4 is 29.2 Å². The van der Waals surface area contributed by atoms with Crippen molar-refractivity contribution in [2.75, 3.05) is 23.8 Å². The molecule has 170 valence electrons. The van der Waals surface area contributed by atoms with E-state index in [-0.39, 0.29) is 23.7 Å². The van der Waals surface area contributed by atoms with Crippen LogP contribution < -0.4 is 16.0 Å². The lowest BCUT2D eigenvalue weighted by atomic mass is 9.73. The van der Waals surface area contributed by atoms with E-state index in [0.29, 0.717) is 5.82 Å². The lowest BCUT2D eigenvalue weighted by molar-refractivity contribution is -0.115. The fourth-order valence-electron chi connectivity index (χ4n) is 3.98. The van der Waals surface area contributed by atoms with Gasteiger partial charge in [0.1, 0.15) is 12.0 Å². The van der Waals surface area contributed by atoms with Gasteiger partial charge in [0.05, 0.1) is 6.42 Å². The van der Waals surface area contributed by atoms with Crippen molar-refractivity contribution in [3.05, 3.63) is 59.9 Å². The summed E-state index contributed by atoms with van der Waals surface area (Å²) in [6.07, 6.45) is 5.45. The van der Waals surface area contributed by atoms with Crippen molar-refractivity contribution in [3.63, 3.8) is 0 Å². The van der Waals surface area contributed by atoms with Gasteiger partial charge in [-0.2, -0.15) is 0 Å². The number of nitrogens with one attached hydrogen (secondary N) is 1. The summed E-state index contributed by atoms with van der Waals surface area (Å²) >= 11 is 0. The van der Waals surface area contributed by atoms with Crippen LogP contribution >= 0.6 is 0 Å². The molecule has 2 atom stereocenters. The molecule has 7 heteroatoms. The third-order valence-corrected chi connectivity index (χ3v) is 6.41. The number of carbonyl (C=O) groups excluding carboxylic acids is 1. The van der Waals surface area contributed by atoms with Gasteiger partial charge in [-0.15, -0.1) is 0 Å². The molecule has 3 rings (SSSR count). The van der Waals surface area contributed by atoms with Gasteiger partial charge in [0.2, 0.25) is 5.91 Å². The lowest BCUT2D eigenvalue weighted by Crippen LogP contribution is -2.51. The maximum atomic E-state index is 12.7. The van der Waals surface area contributed by atoms with Crippen LogP contribution in [0.4, 0.5) is 11.5 Å². The molecule has 1 amide bonds. The molecule has 2 aromatic rings. The lowest BCUT2D eigenvalue weighted by Gasteiger charge is -2.47. The number of anilines is 2. The highest BCUT2D eigenvalue weighted by molar-refractivity contribution is 6.09. The van der Waals surface area contributed by atoms with Crippen LogP contribution in [0.15, 0.2) is 53.8 Å². The molecule has 1 aromatic carbocycles. The monoisotopic (exact) mass is 435 g/mol. The van der Waals surface area contributed by atoms with Crippen LogP contribution in [0, 0.1) is 11.3 Å². The Balaban J connectivity index is 1.69. The fourth-order valence-corrected chi connectivity index (χ4v) is 3.98. The molecular formula is C25H33N5O2. The van der Waals surface area contributed by atoms with Crippen molar-refractivity contribution in [2.24, 2.45) is 22.1 Å². The van der Waals surface area contributed by atoms with E-state index in [4.69, 9.17) is 5.73 Å². The largest absolute Gasteiger partial charge is 0.404 e. The second kappa shape index (κ2) is 9.96. The van der Waals surface area contributed by atoms with Crippen molar-refractivity contribution < 1.29 is 9.90 Å². The van der Waals surface area contributed by atoms with Crippen LogP contribution in [0.1, 0.15) is 38.3 Å². The Kier molecular flexibility index (Phi) is 7.30. The molecular weight excluding hydrogens is 402 g/mol. The Hall–Kier alpha value is -3.19. The highest BCUT2D eigenvalue weighted by atomic mass is 16.3. The number of nitrogens with zero attached hydrogens (tertiary/aromatic N) is 3. The predicted octanol–water partition coefficient (Wildman–Crippen LogP) is 3.45. The number of hydrogen-bond acceptors (Lipinski definition) is 6. The topological polar surface area (TPSA) is 104 Å². The molecule has 4 N–H and O–H groups in total. The fraction of sp³-hybridized carbons (Fsp3) is 0.400. The molecule has 0 saturated carbocycles. The van der Waals surface area contributed by atoms with Gasteiger partial charge in [-0.3, -0.25) is 9.79 Å². The molecule has 0 bridgehead atoms. The number of aliphatic hydroxyl groups is 1. The van der Waals surface area contributed by atoms with E-state index in [9.17, 15) is 9.90 Å². The molecule has 1 aliphatic rings. The average Bonchev–Trinajstić information content (AvgIpc) is 2.76. The number of benzene rings is 1. The van der Waals surface area contributed by atoms with E-state index < -0.39 is 6.23 Å². The number of rotatable bonds is 6. The maximum Gasteiger partial charge on any atom is 0.229 e. The molecule has 32 heavy (non-hydrogen) atoms. The van der Waals surface area contributed by atoms with Gasteiger partial charge in [0.15, 0.2) is 0 Å². The van der Waals surface area contributed by atoms with Gasteiger partial charge in [-0.05, 0) is 29.0 Å². The Bertz CT molecular complexity index is 1010. The van der Waals surface area contributed by atoms with Crippen LogP contribution in [-0.2, 0) is 11.2 Å². The number of aromatic nitrogens is 1. The number of amides is 1. The first-order chi connectivity index (χ1) is 15.2. The van der Waals surface area contributed by atoms with Gasteiger partial charge >= 0.3 is 0 Å². The molecule has 1 fully saturated rings. The van der Waals surface area contributed by atoms with Crippen molar-refractivity contribution in [1.82, 2.24) is 4.98 Å². The summed E-state index contributed by atoms with van der Waals surface area (Å²) in [6, 6.07) is 11.3. The number of carbonyl (C=O) groups is 1. The minimum absolute atomic E-state index is 0.0798. The quantitative estimate of drug-likeness (QED) is 0.603. The van der Waals surface area contributed by atoms with Crippen LogP contribution in [0.2, 0.25) is 0 Å². The average molecular weight is 436 g/mol.